The highest BCUT2D eigenvalue weighted by Crippen LogP contribution is 2.22. The van der Waals surface area contributed by atoms with Crippen molar-refractivity contribution < 1.29 is 4.79 Å². The molecule has 3 N–H and O–H groups in total. The smallest absolute Gasteiger partial charge is 0.269 e. The summed E-state index contributed by atoms with van der Waals surface area (Å²) in [5, 5.41) is 5.82. The fourth-order valence-electron chi connectivity index (χ4n) is 3.46. The van der Waals surface area contributed by atoms with Gasteiger partial charge in [0.15, 0.2) is 4.80 Å². The summed E-state index contributed by atoms with van der Waals surface area (Å²) in [5.74, 6) is -0.145. The number of nitrogens with one attached hydrogen (secondary N) is 1. The van der Waals surface area contributed by atoms with Crippen molar-refractivity contribution in [2.45, 2.75) is 46.2 Å². The van der Waals surface area contributed by atoms with Gasteiger partial charge < -0.3 is 15.6 Å². The minimum atomic E-state index is -0.145. The molecule has 32 heavy (non-hydrogen) atoms. The number of thiazole rings is 1. The summed E-state index contributed by atoms with van der Waals surface area (Å²) in [6.45, 7) is 5.86. The lowest BCUT2D eigenvalue weighted by Gasteiger charge is -2.10. The van der Waals surface area contributed by atoms with Gasteiger partial charge in [-0.25, -0.2) is 4.99 Å². The van der Waals surface area contributed by atoms with E-state index < -0.39 is 0 Å². The molecular formula is C24H28Cl2N4OS. The molecule has 1 aromatic heterocycles. The zero-order chi connectivity index (χ0) is 23.1. The molecule has 0 aliphatic heterocycles. The Labute approximate surface area is 202 Å². The van der Waals surface area contributed by atoms with Crippen LogP contribution in [-0.4, -0.2) is 17.0 Å². The van der Waals surface area contributed by atoms with Crippen molar-refractivity contribution in [3.05, 3.63) is 79.0 Å². The number of halogens is 2. The van der Waals surface area contributed by atoms with E-state index in [2.05, 4.69) is 37.4 Å². The van der Waals surface area contributed by atoms with Gasteiger partial charge in [0.25, 0.3) is 5.91 Å². The summed E-state index contributed by atoms with van der Waals surface area (Å²) >= 11 is 13.5. The van der Waals surface area contributed by atoms with E-state index in [9.17, 15) is 4.79 Å². The average molecular weight is 491 g/mol. The van der Waals surface area contributed by atoms with E-state index >= 15 is 0 Å². The van der Waals surface area contributed by atoms with Crippen LogP contribution in [0.25, 0.3) is 0 Å². The number of nitrogens with zero attached hydrogens (tertiary/aromatic N) is 2. The highest BCUT2D eigenvalue weighted by molar-refractivity contribution is 7.07. The Hall–Kier alpha value is -2.12. The molecule has 1 amide bonds. The fourth-order valence-corrected chi connectivity index (χ4v) is 4.70. The fraction of sp³-hybridized carbons (Fsp3) is 0.333. The number of nitrogens with two attached hydrogens (primary N) is 1. The molecule has 1 heterocycles. The highest BCUT2D eigenvalue weighted by atomic mass is 35.5. The van der Waals surface area contributed by atoms with Crippen molar-refractivity contribution in [3.63, 3.8) is 0 Å². The van der Waals surface area contributed by atoms with E-state index in [1.165, 1.54) is 11.3 Å². The first kappa shape index (κ1) is 24.5. The Bertz CT molecular complexity index is 1130. The molecule has 0 spiro atoms. The quantitative estimate of drug-likeness (QED) is 0.374. The van der Waals surface area contributed by atoms with Crippen LogP contribution in [0.2, 0.25) is 10.0 Å². The van der Waals surface area contributed by atoms with E-state index in [1.54, 1.807) is 12.1 Å². The van der Waals surface area contributed by atoms with Crippen molar-refractivity contribution in [3.8, 4) is 0 Å². The number of aromatic nitrogens is 1. The number of hydrogen-bond acceptors (Lipinski definition) is 4. The van der Waals surface area contributed by atoms with Gasteiger partial charge in [0.2, 0.25) is 0 Å². The lowest BCUT2D eigenvalue weighted by molar-refractivity contribution is 0.0941. The third kappa shape index (κ3) is 6.69. The Morgan fingerprint density at radius 2 is 1.81 bits per heavy atom. The molecule has 0 aliphatic rings. The third-order valence-corrected chi connectivity index (χ3v) is 6.59. The molecule has 0 radical (unpaired) electrons. The molecule has 8 heteroatoms. The Morgan fingerprint density at radius 1 is 1.06 bits per heavy atom. The molecule has 170 valence electrons. The number of carbonyl (C=O) groups excluding carboxylic acids is 1. The number of benzene rings is 2. The van der Waals surface area contributed by atoms with Gasteiger partial charge in [-0.2, -0.15) is 0 Å². The molecule has 0 unspecified atom stereocenters. The second-order valence-electron chi connectivity index (χ2n) is 7.79. The van der Waals surface area contributed by atoms with E-state index in [0.717, 1.165) is 46.4 Å². The van der Waals surface area contributed by atoms with Gasteiger partial charge in [0, 0.05) is 18.5 Å². The van der Waals surface area contributed by atoms with Crippen LogP contribution in [0.5, 0.6) is 0 Å². The summed E-state index contributed by atoms with van der Waals surface area (Å²) in [4.78, 5) is 18.7. The van der Waals surface area contributed by atoms with Gasteiger partial charge in [-0.3, -0.25) is 4.79 Å². The maximum Gasteiger partial charge on any atom is 0.269 e. The van der Waals surface area contributed by atoms with Crippen LogP contribution in [-0.2, 0) is 13.1 Å². The first-order valence-electron chi connectivity index (χ1n) is 10.6. The molecule has 5 nitrogen and oxygen atoms in total. The van der Waals surface area contributed by atoms with E-state index in [1.807, 2.05) is 16.0 Å². The minimum absolute atomic E-state index is 0.145. The summed E-state index contributed by atoms with van der Waals surface area (Å²) in [6, 6.07) is 11.6. The molecule has 3 aromatic rings. The minimum Gasteiger partial charge on any atom is -0.347 e. The van der Waals surface area contributed by atoms with Gasteiger partial charge in [0.1, 0.15) is 5.69 Å². The first-order chi connectivity index (χ1) is 15.4. The predicted molar refractivity (Wildman–Crippen MR) is 134 cm³/mol. The van der Waals surface area contributed by atoms with Crippen molar-refractivity contribution in [2.75, 3.05) is 6.54 Å². The highest BCUT2D eigenvalue weighted by Gasteiger charge is 2.14. The largest absolute Gasteiger partial charge is 0.347 e. The zero-order valence-corrected chi connectivity index (χ0v) is 20.7. The monoisotopic (exact) mass is 490 g/mol. The maximum atomic E-state index is 13.0. The first-order valence-corrected chi connectivity index (χ1v) is 12.2. The zero-order valence-electron chi connectivity index (χ0n) is 18.3. The lowest BCUT2D eigenvalue weighted by Crippen LogP contribution is -2.28. The summed E-state index contributed by atoms with van der Waals surface area (Å²) in [5.41, 5.74) is 10.3. The van der Waals surface area contributed by atoms with Crippen molar-refractivity contribution in [2.24, 2.45) is 10.7 Å². The van der Waals surface area contributed by atoms with Crippen molar-refractivity contribution in [1.29, 1.82) is 0 Å². The number of amides is 1. The molecule has 0 saturated heterocycles. The number of carbonyl (C=O) groups is 1. The van der Waals surface area contributed by atoms with Gasteiger partial charge >= 0.3 is 0 Å². The van der Waals surface area contributed by atoms with Gasteiger partial charge in [-0.15, -0.1) is 11.3 Å². The number of unbranched alkanes of at least 4 members (excludes halogenated alkanes) is 2. The van der Waals surface area contributed by atoms with Crippen LogP contribution in [0.15, 0.2) is 46.8 Å². The molecule has 3 rings (SSSR count). The number of aryl methyl sites for hydroxylation is 2. The molecular weight excluding hydrogens is 463 g/mol. The maximum absolute atomic E-state index is 13.0. The predicted octanol–water partition coefficient (Wildman–Crippen LogP) is 5.76. The SMILES string of the molecule is Cc1cc(C)cc(/N=c2\scc(C(=O)NCc3ccc(Cl)c(Cl)c3)n2CCCCCN)c1. The van der Waals surface area contributed by atoms with Gasteiger partial charge in [-0.05, 0) is 74.2 Å². The molecule has 0 saturated carbocycles. The van der Waals surface area contributed by atoms with Crippen molar-refractivity contribution >= 4 is 46.1 Å². The molecule has 2 aromatic carbocycles. The van der Waals surface area contributed by atoms with E-state index in [0.29, 0.717) is 35.4 Å². The second kappa shape index (κ2) is 11.7. The molecule has 0 fully saturated rings. The van der Waals surface area contributed by atoms with Crippen LogP contribution in [0, 0.1) is 13.8 Å². The van der Waals surface area contributed by atoms with Gasteiger partial charge in [-0.1, -0.05) is 41.8 Å². The van der Waals surface area contributed by atoms with Crippen LogP contribution in [0.4, 0.5) is 5.69 Å². The standard InChI is InChI=1S/C24H28Cl2N4OS/c1-16-10-17(2)12-19(11-16)29-24-30(9-5-3-4-8-27)22(15-32-24)23(31)28-14-18-6-7-20(25)21(26)13-18/h6-7,10-13,15H,3-5,8-9,14,27H2,1-2H3,(H,28,31)/b29-24-. The Morgan fingerprint density at radius 3 is 2.50 bits per heavy atom. The second-order valence-corrected chi connectivity index (χ2v) is 9.44. The molecule has 0 atom stereocenters. The third-order valence-electron chi connectivity index (χ3n) is 4.98. The topological polar surface area (TPSA) is 72.4 Å². The number of rotatable bonds is 9. The number of hydrogen-bond donors (Lipinski definition) is 2. The summed E-state index contributed by atoms with van der Waals surface area (Å²) in [7, 11) is 0. The van der Waals surface area contributed by atoms with E-state index in [-0.39, 0.29) is 5.91 Å². The normalized spacial score (nSPS) is 11.7. The summed E-state index contributed by atoms with van der Waals surface area (Å²) < 4.78 is 2.00. The van der Waals surface area contributed by atoms with Crippen LogP contribution in [0.3, 0.4) is 0 Å². The molecule has 0 bridgehead atoms. The van der Waals surface area contributed by atoms with E-state index in [4.69, 9.17) is 33.9 Å². The summed E-state index contributed by atoms with van der Waals surface area (Å²) in [6.07, 6.45) is 2.90. The van der Waals surface area contributed by atoms with Crippen LogP contribution >= 0.6 is 34.5 Å². The molecule has 0 aliphatic carbocycles. The average Bonchev–Trinajstić information content (AvgIpc) is 3.13. The lowest BCUT2D eigenvalue weighted by atomic mass is 10.1. The Balaban J connectivity index is 1.85. The van der Waals surface area contributed by atoms with Crippen molar-refractivity contribution in [1.82, 2.24) is 9.88 Å². The Kier molecular flexibility index (Phi) is 8.93. The van der Waals surface area contributed by atoms with Crippen LogP contribution < -0.4 is 15.9 Å². The van der Waals surface area contributed by atoms with Gasteiger partial charge in [0.05, 0.1) is 15.7 Å². The van der Waals surface area contributed by atoms with Crippen LogP contribution in [0.1, 0.15) is 46.4 Å².